The van der Waals surface area contributed by atoms with Crippen molar-refractivity contribution < 1.29 is 9.90 Å². The molecule has 7 N–H and O–H groups in total. The van der Waals surface area contributed by atoms with E-state index in [4.69, 9.17) is 16.5 Å². The fourth-order valence-corrected chi connectivity index (χ4v) is 2.97. The quantitative estimate of drug-likeness (QED) is 0.358. The van der Waals surface area contributed by atoms with Crippen LogP contribution in [0.4, 0.5) is 17.3 Å². The predicted molar refractivity (Wildman–Crippen MR) is 124 cm³/mol. The first-order valence-corrected chi connectivity index (χ1v) is 10.6. The number of carbonyl (C=O) groups is 1. The van der Waals surface area contributed by atoms with Crippen molar-refractivity contribution in [3.63, 3.8) is 0 Å². The van der Waals surface area contributed by atoms with Gasteiger partial charge < -0.3 is 32.1 Å². The summed E-state index contributed by atoms with van der Waals surface area (Å²) < 4.78 is 0. The van der Waals surface area contributed by atoms with Crippen molar-refractivity contribution in [1.82, 2.24) is 15.3 Å². The van der Waals surface area contributed by atoms with Crippen molar-refractivity contribution in [1.29, 1.82) is 0 Å². The molecule has 0 saturated carbocycles. The molecule has 0 aliphatic rings. The second kappa shape index (κ2) is 11.0. The van der Waals surface area contributed by atoms with Crippen LogP contribution in [-0.4, -0.2) is 46.7 Å². The number of benzene rings is 1. The average molecular weight is 430 g/mol. The fraction of sp³-hybridized carbons (Fsp3) is 0.500. The number of aromatic nitrogens is 2. The first kappa shape index (κ1) is 24.5. The normalized spacial score (nSPS) is 13.1. The molecule has 1 aromatic heterocycles. The molecule has 2 aromatic rings. The maximum Gasteiger partial charge on any atom is 0.236 e. The van der Waals surface area contributed by atoms with E-state index in [2.05, 4.69) is 29.5 Å². The third-order valence-electron chi connectivity index (χ3n) is 5.01. The van der Waals surface area contributed by atoms with Crippen LogP contribution < -0.4 is 27.0 Å². The zero-order valence-corrected chi connectivity index (χ0v) is 19.0. The standard InChI is InChI=1S/C22H35N7O2/c1-6-17-21(29(5)13(2)3)28-20(18(27-17)19(24)30)26-16-9-7-8-15(12-16)10-11-25-22(31)14(4)23/h7-9,12-14,19,30H,6,10-11,23-24H2,1-5H3,(H,25,31)(H,26,28)/t14-,19?/m0/s1. The Morgan fingerprint density at radius 1 is 1.23 bits per heavy atom. The molecular weight excluding hydrogens is 394 g/mol. The number of aryl methyl sites for hydroxylation is 1. The number of anilines is 3. The van der Waals surface area contributed by atoms with E-state index in [1.54, 1.807) is 6.92 Å². The highest BCUT2D eigenvalue weighted by Gasteiger charge is 2.20. The van der Waals surface area contributed by atoms with Crippen molar-refractivity contribution in [2.45, 2.75) is 58.8 Å². The average Bonchev–Trinajstić information content (AvgIpc) is 2.72. The molecule has 9 nitrogen and oxygen atoms in total. The molecule has 0 fully saturated rings. The molecule has 2 rings (SSSR count). The summed E-state index contributed by atoms with van der Waals surface area (Å²) in [5, 5.41) is 16.1. The lowest BCUT2D eigenvalue weighted by molar-refractivity contribution is -0.121. The van der Waals surface area contributed by atoms with Crippen LogP contribution in [0, 0.1) is 0 Å². The number of nitrogens with one attached hydrogen (secondary N) is 2. The van der Waals surface area contributed by atoms with Gasteiger partial charge in [-0.2, -0.15) is 0 Å². The van der Waals surface area contributed by atoms with Crippen LogP contribution in [0.3, 0.4) is 0 Å². The molecule has 31 heavy (non-hydrogen) atoms. The molecule has 1 heterocycles. The fourth-order valence-electron chi connectivity index (χ4n) is 2.97. The van der Waals surface area contributed by atoms with Gasteiger partial charge in [0.1, 0.15) is 11.9 Å². The Hall–Kier alpha value is -2.75. The molecule has 0 aliphatic heterocycles. The molecule has 0 saturated heterocycles. The predicted octanol–water partition coefficient (Wildman–Crippen LogP) is 1.58. The van der Waals surface area contributed by atoms with Crippen LogP contribution in [0.1, 0.15) is 50.9 Å². The van der Waals surface area contributed by atoms with Gasteiger partial charge in [0.2, 0.25) is 5.91 Å². The summed E-state index contributed by atoms with van der Waals surface area (Å²) in [5.74, 6) is 0.986. The minimum atomic E-state index is -1.25. The van der Waals surface area contributed by atoms with E-state index in [1.807, 2.05) is 43.1 Å². The summed E-state index contributed by atoms with van der Waals surface area (Å²) in [4.78, 5) is 23.0. The van der Waals surface area contributed by atoms with Gasteiger partial charge in [-0.05, 0) is 51.3 Å². The Bertz CT molecular complexity index is 884. The number of carbonyl (C=O) groups excluding carboxylic acids is 1. The maximum absolute atomic E-state index is 11.6. The summed E-state index contributed by atoms with van der Waals surface area (Å²) in [6.45, 7) is 8.29. The van der Waals surface area contributed by atoms with Crippen LogP contribution in [0.25, 0.3) is 0 Å². The van der Waals surface area contributed by atoms with Gasteiger partial charge in [0.15, 0.2) is 11.6 Å². The van der Waals surface area contributed by atoms with E-state index in [-0.39, 0.29) is 11.9 Å². The van der Waals surface area contributed by atoms with E-state index in [0.717, 1.165) is 22.8 Å². The second-order valence-electron chi connectivity index (χ2n) is 7.89. The Labute approximate surface area is 184 Å². The smallest absolute Gasteiger partial charge is 0.236 e. The molecule has 1 amide bonds. The van der Waals surface area contributed by atoms with Crippen molar-refractivity contribution in [3.05, 3.63) is 41.2 Å². The van der Waals surface area contributed by atoms with Gasteiger partial charge in [-0.15, -0.1) is 0 Å². The SMILES string of the molecule is CCc1nc(C(N)O)c(Nc2cccc(CCNC(=O)[C@H](C)N)c2)nc1N(C)C(C)C. The maximum atomic E-state index is 11.6. The van der Waals surface area contributed by atoms with Gasteiger partial charge in [-0.1, -0.05) is 19.1 Å². The summed E-state index contributed by atoms with van der Waals surface area (Å²) in [6.07, 6.45) is 0.0693. The lowest BCUT2D eigenvalue weighted by Crippen LogP contribution is -2.39. The topological polar surface area (TPSA) is 142 Å². The number of hydrogen-bond donors (Lipinski definition) is 5. The Balaban J connectivity index is 2.28. The van der Waals surface area contributed by atoms with Crippen LogP contribution in [0.2, 0.25) is 0 Å². The summed E-state index contributed by atoms with van der Waals surface area (Å²) in [7, 11) is 1.97. The third kappa shape index (κ3) is 6.61. The molecule has 0 aliphatic carbocycles. The minimum Gasteiger partial charge on any atom is -0.373 e. The molecule has 170 valence electrons. The lowest BCUT2D eigenvalue weighted by atomic mass is 10.1. The van der Waals surface area contributed by atoms with E-state index < -0.39 is 12.3 Å². The summed E-state index contributed by atoms with van der Waals surface area (Å²) in [5.41, 5.74) is 14.2. The Kier molecular flexibility index (Phi) is 8.73. The number of amides is 1. The highest BCUT2D eigenvalue weighted by Crippen LogP contribution is 2.27. The van der Waals surface area contributed by atoms with Crippen molar-refractivity contribution in [3.8, 4) is 0 Å². The number of aliphatic hydroxyl groups excluding tert-OH is 1. The van der Waals surface area contributed by atoms with Gasteiger partial charge in [0.25, 0.3) is 0 Å². The molecule has 1 aromatic carbocycles. The minimum absolute atomic E-state index is 0.177. The van der Waals surface area contributed by atoms with E-state index in [1.165, 1.54) is 0 Å². The van der Waals surface area contributed by atoms with Crippen LogP contribution in [0.15, 0.2) is 24.3 Å². The van der Waals surface area contributed by atoms with Crippen LogP contribution >= 0.6 is 0 Å². The Morgan fingerprint density at radius 2 is 1.94 bits per heavy atom. The number of nitrogens with zero attached hydrogens (tertiary/aromatic N) is 3. The monoisotopic (exact) mass is 429 g/mol. The van der Waals surface area contributed by atoms with Gasteiger partial charge in [0, 0.05) is 25.3 Å². The Morgan fingerprint density at radius 3 is 2.52 bits per heavy atom. The van der Waals surface area contributed by atoms with Gasteiger partial charge in [0.05, 0.1) is 11.7 Å². The first-order valence-electron chi connectivity index (χ1n) is 10.6. The zero-order chi connectivity index (χ0) is 23.1. The first-order chi connectivity index (χ1) is 14.6. The molecule has 2 atom stereocenters. The van der Waals surface area contributed by atoms with Crippen LogP contribution in [0.5, 0.6) is 0 Å². The van der Waals surface area contributed by atoms with Gasteiger partial charge in [-0.25, -0.2) is 9.97 Å². The largest absolute Gasteiger partial charge is 0.373 e. The highest BCUT2D eigenvalue weighted by molar-refractivity contribution is 5.80. The lowest BCUT2D eigenvalue weighted by Gasteiger charge is -2.26. The van der Waals surface area contributed by atoms with Crippen molar-refractivity contribution in [2.75, 3.05) is 23.8 Å². The number of aliphatic hydroxyl groups is 1. The third-order valence-corrected chi connectivity index (χ3v) is 5.01. The number of nitrogens with two attached hydrogens (primary N) is 2. The van der Waals surface area contributed by atoms with Gasteiger partial charge in [-0.3, -0.25) is 4.79 Å². The molecule has 1 unspecified atom stereocenters. The molecule has 0 radical (unpaired) electrons. The number of hydrogen-bond acceptors (Lipinski definition) is 8. The highest BCUT2D eigenvalue weighted by atomic mass is 16.3. The molecule has 0 bridgehead atoms. The van der Waals surface area contributed by atoms with Crippen LogP contribution in [-0.2, 0) is 17.6 Å². The van der Waals surface area contributed by atoms with Gasteiger partial charge >= 0.3 is 0 Å². The summed E-state index contributed by atoms with van der Waals surface area (Å²) >= 11 is 0. The number of rotatable bonds is 10. The van der Waals surface area contributed by atoms with E-state index in [0.29, 0.717) is 30.9 Å². The van der Waals surface area contributed by atoms with E-state index in [9.17, 15) is 9.90 Å². The summed E-state index contributed by atoms with van der Waals surface area (Å²) in [6, 6.07) is 7.46. The molecule has 9 heteroatoms. The molecular formula is C22H35N7O2. The molecule has 0 spiro atoms. The second-order valence-corrected chi connectivity index (χ2v) is 7.89. The zero-order valence-electron chi connectivity index (χ0n) is 19.0. The van der Waals surface area contributed by atoms with E-state index >= 15 is 0 Å². The van der Waals surface area contributed by atoms with Crippen molar-refractivity contribution >= 4 is 23.2 Å². The van der Waals surface area contributed by atoms with Crippen molar-refractivity contribution in [2.24, 2.45) is 11.5 Å².